The zero-order chi connectivity index (χ0) is 25.0. The maximum atomic E-state index is 12.8. The largest absolute Gasteiger partial charge is 0.378 e. The van der Waals surface area contributed by atoms with Gasteiger partial charge in [0.1, 0.15) is 0 Å². The smallest absolute Gasteiger partial charge is 0.193 e. The summed E-state index contributed by atoms with van der Waals surface area (Å²) < 4.78 is 6.47. The van der Waals surface area contributed by atoms with Gasteiger partial charge in [0.2, 0.25) is 0 Å². The number of carbonyl (C=O) groups excluding carboxylic acids is 2. The zero-order valence-corrected chi connectivity index (χ0v) is 22.7. The predicted molar refractivity (Wildman–Crippen MR) is 135 cm³/mol. The third kappa shape index (κ3) is 5.99. The van der Waals surface area contributed by atoms with Crippen molar-refractivity contribution in [3.05, 3.63) is 11.1 Å². The van der Waals surface area contributed by atoms with Crippen molar-refractivity contribution >= 4 is 11.6 Å². The van der Waals surface area contributed by atoms with E-state index < -0.39 is 16.8 Å². The molecule has 1 heterocycles. The molecule has 1 aliphatic carbocycles. The van der Waals surface area contributed by atoms with Crippen LogP contribution < -0.4 is 0 Å². The van der Waals surface area contributed by atoms with Crippen molar-refractivity contribution in [2.24, 2.45) is 17.8 Å². The average molecular weight is 463 g/mol. The van der Waals surface area contributed by atoms with Gasteiger partial charge in [0, 0.05) is 0 Å². The summed E-state index contributed by atoms with van der Waals surface area (Å²) in [5, 5.41) is 11.3. The minimum atomic E-state index is -1.74. The molecule has 1 fully saturated rings. The highest BCUT2D eigenvalue weighted by Crippen LogP contribution is 2.54. The molecular formula is C29H50O4. The number of hydrogen-bond donors (Lipinski definition) is 1. The SMILES string of the molecule is CC(=O)[C@]12O[C@](C)(CCC[C@@H](C)CCC[C@@H](C)CCCC(C)C)CC[C@@]1(O)C(=O)C(C)=C2C. The Kier molecular flexibility index (Phi) is 9.55. The van der Waals surface area contributed by atoms with Gasteiger partial charge in [-0.25, -0.2) is 0 Å². The quantitative estimate of drug-likeness (QED) is 0.321. The monoisotopic (exact) mass is 462 g/mol. The second-order valence-electron chi connectivity index (χ2n) is 12.1. The first-order valence-electron chi connectivity index (χ1n) is 13.5. The molecule has 1 N–H and O–H groups in total. The summed E-state index contributed by atoms with van der Waals surface area (Å²) in [6.45, 7) is 16.3. The van der Waals surface area contributed by atoms with Gasteiger partial charge >= 0.3 is 0 Å². The maximum Gasteiger partial charge on any atom is 0.193 e. The standard InChI is InChI=1S/C29H50O4/c1-20(2)12-9-13-21(3)14-10-15-22(4)16-11-17-27(8)18-19-28(32)26(31)23(5)24(6)29(28,33-27)25(7)30/h20-22,32H,9-19H2,1-8H3/t21-,22-,27+,28+,29-/m0/s1. The summed E-state index contributed by atoms with van der Waals surface area (Å²) in [5.74, 6) is 1.69. The topological polar surface area (TPSA) is 63.6 Å². The molecule has 0 unspecified atom stereocenters. The van der Waals surface area contributed by atoms with Gasteiger partial charge in [-0.2, -0.15) is 0 Å². The summed E-state index contributed by atoms with van der Waals surface area (Å²) in [5.41, 5.74) is -2.70. The summed E-state index contributed by atoms with van der Waals surface area (Å²) in [6.07, 6.45) is 11.8. The molecule has 0 aromatic heterocycles. The first kappa shape index (κ1) is 28.2. The Labute approximate surface area is 202 Å². The molecular weight excluding hydrogens is 412 g/mol. The highest BCUT2D eigenvalue weighted by atomic mass is 16.5. The average Bonchev–Trinajstić information content (AvgIpc) is 2.87. The van der Waals surface area contributed by atoms with Crippen LogP contribution in [0.25, 0.3) is 0 Å². The van der Waals surface area contributed by atoms with Crippen molar-refractivity contribution < 1.29 is 19.4 Å². The molecule has 5 atom stereocenters. The Hall–Kier alpha value is -1.00. The molecule has 0 saturated carbocycles. The minimum absolute atomic E-state index is 0.269. The van der Waals surface area contributed by atoms with E-state index in [0.29, 0.717) is 23.5 Å². The highest BCUT2D eigenvalue weighted by Gasteiger charge is 2.69. The van der Waals surface area contributed by atoms with Gasteiger partial charge < -0.3 is 9.84 Å². The van der Waals surface area contributed by atoms with Gasteiger partial charge in [0.25, 0.3) is 0 Å². The van der Waals surface area contributed by atoms with Crippen molar-refractivity contribution in [1.82, 2.24) is 0 Å². The van der Waals surface area contributed by atoms with E-state index in [9.17, 15) is 14.7 Å². The normalized spacial score (nSPS) is 31.8. The molecule has 0 bridgehead atoms. The van der Waals surface area contributed by atoms with E-state index in [2.05, 4.69) is 27.7 Å². The van der Waals surface area contributed by atoms with E-state index in [0.717, 1.165) is 31.1 Å². The summed E-state index contributed by atoms with van der Waals surface area (Å²) >= 11 is 0. The third-order valence-electron chi connectivity index (χ3n) is 8.57. The first-order chi connectivity index (χ1) is 15.3. The highest BCUT2D eigenvalue weighted by molar-refractivity contribution is 6.13. The molecule has 4 nitrogen and oxygen atoms in total. The third-order valence-corrected chi connectivity index (χ3v) is 8.57. The first-order valence-corrected chi connectivity index (χ1v) is 13.5. The second-order valence-corrected chi connectivity index (χ2v) is 12.1. The number of aliphatic hydroxyl groups is 1. The molecule has 2 rings (SSSR count). The van der Waals surface area contributed by atoms with Crippen LogP contribution in [0.1, 0.15) is 126 Å². The lowest BCUT2D eigenvalue weighted by atomic mass is 9.70. The van der Waals surface area contributed by atoms with Crippen LogP contribution in [0.5, 0.6) is 0 Å². The Morgan fingerprint density at radius 2 is 1.45 bits per heavy atom. The summed E-state index contributed by atoms with van der Waals surface area (Å²) in [7, 11) is 0. The number of rotatable bonds is 13. The van der Waals surface area contributed by atoms with Crippen LogP contribution in [0.2, 0.25) is 0 Å². The van der Waals surface area contributed by atoms with Crippen LogP contribution in [-0.2, 0) is 14.3 Å². The second kappa shape index (κ2) is 11.2. The van der Waals surface area contributed by atoms with Crippen LogP contribution in [0.15, 0.2) is 11.1 Å². The lowest BCUT2D eigenvalue weighted by Gasteiger charge is -2.51. The molecule has 33 heavy (non-hydrogen) atoms. The fourth-order valence-corrected chi connectivity index (χ4v) is 6.14. The van der Waals surface area contributed by atoms with Crippen molar-refractivity contribution in [3.8, 4) is 0 Å². The van der Waals surface area contributed by atoms with E-state index in [-0.39, 0.29) is 18.0 Å². The minimum Gasteiger partial charge on any atom is -0.378 e. The summed E-state index contributed by atoms with van der Waals surface area (Å²) in [4.78, 5) is 25.6. The predicted octanol–water partition coefficient (Wildman–Crippen LogP) is 6.97. The van der Waals surface area contributed by atoms with Gasteiger partial charge in [-0.15, -0.1) is 0 Å². The van der Waals surface area contributed by atoms with Gasteiger partial charge in [0.05, 0.1) is 5.60 Å². The molecule has 190 valence electrons. The number of ketones is 2. The van der Waals surface area contributed by atoms with Crippen molar-refractivity contribution in [2.75, 3.05) is 0 Å². The van der Waals surface area contributed by atoms with E-state index in [1.165, 1.54) is 45.4 Å². The summed E-state index contributed by atoms with van der Waals surface area (Å²) in [6, 6.07) is 0. The van der Waals surface area contributed by atoms with Crippen LogP contribution in [0, 0.1) is 17.8 Å². The zero-order valence-electron chi connectivity index (χ0n) is 22.7. The number of hydrogen-bond acceptors (Lipinski definition) is 4. The number of ether oxygens (including phenoxy) is 1. The molecule has 1 aliphatic heterocycles. The molecule has 1 saturated heterocycles. The van der Waals surface area contributed by atoms with Crippen molar-refractivity contribution in [1.29, 1.82) is 0 Å². The van der Waals surface area contributed by atoms with Crippen molar-refractivity contribution in [3.63, 3.8) is 0 Å². The van der Waals surface area contributed by atoms with Gasteiger partial charge in [-0.1, -0.05) is 79.1 Å². The van der Waals surface area contributed by atoms with Crippen molar-refractivity contribution in [2.45, 2.75) is 143 Å². The van der Waals surface area contributed by atoms with Crippen LogP contribution in [0.3, 0.4) is 0 Å². The molecule has 0 spiro atoms. The number of fused-ring (bicyclic) bond motifs is 1. The molecule has 0 aromatic rings. The van der Waals surface area contributed by atoms with E-state index >= 15 is 0 Å². The van der Waals surface area contributed by atoms with E-state index in [4.69, 9.17) is 4.74 Å². The van der Waals surface area contributed by atoms with Crippen LogP contribution >= 0.6 is 0 Å². The van der Waals surface area contributed by atoms with E-state index in [1.54, 1.807) is 13.8 Å². The Bertz CT molecular complexity index is 738. The molecule has 0 amide bonds. The fourth-order valence-electron chi connectivity index (χ4n) is 6.14. The maximum absolute atomic E-state index is 12.8. The van der Waals surface area contributed by atoms with E-state index in [1.807, 2.05) is 6.92 Å². The number of carbonyl (C=O) groups is 2. The van der Waals surface area contributed by atoms with Crippen LogP contribution in [0.4, 0.5) is 0 Å². The Balaban J connectivity index is 1.84. The molecule has 0 aromatic carbocycles. The molecule has 0 radical (unpaired) electrons. The molecule has 2 aliphatic rings. The van der Waals surface area contributed by atoms with Gasteiger partial charge in [0.15, 0.2) is 22.8 Å². The number of Topliss-reactive ketones (excluding diaryl/α,β-unsaturated/α-hetero) is 2. The molecule has 4 heteroatoms. The lowest BCUT2D eigenvalue weighted by Crippen LogP contribution is -2.67. The van der Waals surface area contributed by atoms with Crippen LogP contribution in [-0.4, -0.2) is 33.5 Å². The van der Waals surface area contributed by atoms with Gasteiger partial charge in [-0.05, 0) is 75.9 Å². The Morgan fingerprint density at radius 3 is 1.97 bits per heavy atom. The van der Waals surface area contributed by atoms with Gasteiger partial charge in [-0.3, -0.25) is 9.59 Å². The Morgan fingerprint density at radius 1 is 0.939 bits per heavy atom. The lowest BCUT2D eigenvalue weighted by molar-refractivity contribution is -0.238. The fraction of sp³-hybridized carbons (Fsp3) is 0.862.